The Labute approximate surface area is 396 Å². The molecule has 0 aliphatic rings. The van der Waals surface area contributed by atoms with Gasteiger partial charge in [0.1, 0.15) is 11.4 Å². The topological polar surface area (TPSA) is 9.86 Å². The van der Waals surface area contributed by atoms with E-state index in [1.807, 2.05) is 170 Å². The predicted octanol–water partition coefficient (Wildman–Crippen LogP) is 17.8. The molecule has 0 aliphatic carbocycles. The highest BCUT2D eigenvalue weighted by Crippen LogP contribution is 2.48. The highest BCUT2D eigenvalue weighted by molar-refractivity contribution is 6.13. The third-order valence-corrected chi connectivity index (χ3v) is 13.2. The van der Waals surface area contributed by atoms with Crippen LogP contribution in [-0.2, 0) is 6.18 Å². The van der Waals surface area contributed by atoms with E-state index in [1.54, 1.807) is 24.3 Å². The number of fused-ring (bicyclic) bond motifs is 6. The maximum absolute atomic E-state index is 17.0. The van der Waals surface area contributed by atoms with Gasteiger partial charge in [-0.1, -0.05) is 170 Å². The van der Waals surface area contributed by atoms with E-state index in [1.165, 1.54) is 9.13 Å². The van der Waals surface area contributed by atoms with Crippen LogP contribution in [0.2, 0.25) is 0 Å². The van der Waals surface area contributed by atoms with Crippen molar-refractivity contribution in [3.05, 3.63) is 241 Å². The average molecular weight is 929 g/mol. The minimum Gasteiger partial charge on any atom is -0.308 e. The van der Waals surface area contributed by atoms with Gasteiger partial charge in [-0.15, -0.1) is 0 Å². The summed E-state index contributed by atoms with van der Waals surface area (Å²) in [7, 11) is 0. The second-order valence-electron chi connectivity index (χ2n) is 17.3. The predicted molar refractivity (Wildman–Crippen MR) is 267 cm³/mol. The number of hydrogen-bond acceptors (Lipinski definition) is 0. The first-order valence-electron chi connectivity index (χ1n) is 22.5. The Bertz CT molecular complexity index is 3590. The standard InChI is InChI=1S/C61H35F7N2/c62-49-35-50(63)59(64)60(65)57(49)44-33-55(69-51-29-40(36-13-5-1-6-14-36)21-25-45(51)46-26-22-41(30-52(46)69)37-15-7-2-8-16-37)58(61(66,67)68)56(34-44)70-53-31-42(38-17-9-3-10-18-38)23-27-47(53)48-28-24-43(32-54(48)70)39-19-11-4-12-20-39/h1-35H. The van der Waals surface area contributed by atoms with E-state index in [0.29, 0.717) is 65.9 Å². The van der Waals surface area contributed by atoms with Crippen LogP contribution < -0.4 is 0 Å². The van der Waals surface area contributed by atoms with Gasteiger partial charge in [-0.2, -0.15) is 13.2 Å². The molecule has 0 fully saturated rings. The van der Waals surface area contributed by atoms with Crippen LogP contribution in [0.1, 0.15) is 5.56 Å². The Hall–Kier alpha value is -8.69. The zero-order valence-electron chi connectivity index (χ0n) is 36.7. The first-order chi connectivity index (χ1) is 34.0. The summed E-state index contributed by atoms with van der Waals surface area (Å²) in [5.74, 6) is -7.12. The monoisotopic (exact) mass is 928 g/mol. The van der Waals surface area contributed by atoms with Crippen LogP contribution in [0.5, 0.6) is 0 Å². The molecule has 0 saturated carbocycles. The second-order valence-corrected chi connectivity index (χ2v) is 17.3. The highest BCUT2D eigenvalue weighted by Gasteiger charge is 2.40. The Morgan fingerprint density at radius 1 is 0.286 bits per heavy atom. The lowest BCUT2D eigenvalue weighted by atomic mass is 9.97. The van der Waals surface area contributed by atoms with Gasteiger partial charge in [-0.25, -0.2) is 17.6 Å². The molecule has 0 aliphatic heterocycles. The molecule has 0 bridgehead atoms. The quantitative estimate of drug-likeness (QED) is 0.0856. The Morgan fingerprint density at radius 3 is 0.900 bits per heavy atom. The molecule has 12 aromatic rings. The Morgan fingerprint density at radius 2 is 0.600 bits per heavy atom. The van der Waals surface area contributed by atoms with Crippen molar-refractivity contribution in [1.82, 2.24) is 9.13 Å². The summed E-state index contributed by atoms with van der Waals surface area (Å²) in [6.07, 6.45) is -5.15. The first-order valence-corrected chi connectivity index (χ1v) is 22.5. The van der Waals surface area contributed by atoms with Crippen molar-refractivity contribution in [2.75, 3.05) is 0 Å². The van der Waals surface area contributed by atoms with Crippen molar-refractivity contribution >= 4 is 43.6 Å². The number of hydrogen-bond donors (Lipinski definition) is 0. The summed E-state index contributed by atoms with van der Waals surface area (Å²) in [6, 6.07) is 62.0. The average Bonchev–Trinajstić information content (AvgIpc) is 3.89. The van der Waals surface area contributed by atoms with E-state index < -0.39 is 57.5 Å². The fourth-order valence-corrected chi connectivity index (χ4v) is 10.0. The first kappa shape index (κ1) is 42.6. The highest BCUT2D eigenvalue weighted by atomic mass is 19.4. The number of rotatable bonds is 7. The van der Waals surface area contributed by atoms with Crippen LogP contribution in [0.4, 0.5) is 30.7 Å². The third kappa shape index (κ3) is 7.03. The van der Waals surface area contributed by atoms with Gasteiger partial charge in [-0.05, 0) is 86.5 Å². The Balaban J connectivity index is 1.29. The van der Waals surface area contributed by atoms with Crippen LogP contribution >= 0.6 is 0 Å². The largest absolute Gasteiger partial charge is 0.420 e. The summed E-state index contributed by atoms with van der Waals surface area (Å²) < 4.78 is 117. The molecule has 2 aromatic heterocycles. The van der Waals surface area contributed by atoms with E-state index in [9.17, 15) is 4.39 Å². The van der Waals surface area contributed by atoms with E-state index in [-0.39, 0.29) is 6.07 Å². The fourth-order valence-electron chi connectivity index (χ4n) is 10.0. The third-order valence-electron chi connectivity index (χ3n) is 13.2. The zero-order valence-corrected chi connectivity index (χ0v) is 36.7. The van der Waals surface area contributed by atoms with Crippen LogP contribution in [-0.4, -0.2) is 9.13 Å². The van der Waals surface area contributed by atoms with Gasteiger partial charge in [0.25, 0.3) is 0 Å². The zero-order chi connectivity index (χ0) is 47.8. The van der Waals surface area contributed by atoms with E-state index in [2.05, 4.69) is 0 Å². The van der Waals surface area contributed by atoms with Crippen LogP contribution in [0, 0.1) is 23.3 Å². The van der Waals surface area contributed by atoms with Crippen LogP contribution in [0.25, 0.3) is 111 Å². The lowest BCUT2D eigenvalue weighted by molar-refractivity contribution is -0.137. The molecule has 0 spiro atoms. The summed E-state index contributed by atoms with van der Waals surface area (Å²) in [5.41, 5.74) is 3.86. The molecular formula is C61H35F7N2. The van der Waals surface area contributed by atoms with Crippen molar-refractivity contribution in [3.8, 4) is 67.0 Å². The molecule has 0 atom stereocenters. The van der Waals surface area contributed by atoms with Gasteiger partial charge < -0.3 is 9.13 Å². The summed E-state index contributed by atoms with van der Waals surface area (Å²) >= 11 is 0. The molecule has 0 radical (unpaired) electrons. The molecule has 10 aromatic carbocycles. The minimum absolute atomic E-state index is 0.211. The summed E-state index contributed by atoms with van der Waals surface area (Å²) in [4.78, 5) is 0. The maximum atomic E-state index is 17.0. The van der Waals surface area contributed by atoms with Gasteiger partial charge in [-0.3, -0.25) is 0 Å². The number of halogens is 7. The molecule has 12 rings (SSSR count). The lowest BCUT2D eigenvalue weighted by Crippen LogP contribution is -2.16. The normalized spacial score (nSPS) is 11.9. The molecule has 0 saturated heterocycles. The van der Waals surface area contributed by atoms with Crippen LogP contribution in [0.15, 0.2) is 212 Å². The SMILES string of the molecule is Fc1cc(F)c(-c2cc(-n3c4cc(-c5ccccc5)ccc4c4ccc(-c5ccccc5)cc43)c(C(F)(F)F)c(-n3c4cc(-c5ccccc5)ccc4c4ccc(-c5ccccc5)cc43)c2)c(F)c1F. The van der Waals surface area contributed by atoms with E-state index in [4.69, 9.17) is 0 Å². The van der Waals surface area contributed by atoms with Crippen molar-refractivity contribution in [1.29, 1.82) is 0 Å². The van der Waals surface area contributed by atoms with Gasteiger partial charge in [0, 0.05) is 27.6 Å². The molecule has 0 amide bonds. The molecule has 2 heterocycles. The number of nitrogens with zero attached hydrogens (tertiary/aromatic N) is 2. The van der Waals surface area contributed by atoms with Gasteiger partial charge >= 0.3 is 6.18 Å². The van der Waals surface area contributed by atoms with Crippen molar-refractivity contribution in [2.45, 2.75) is 6.18 Å². The second kappa shape index (κ2) is 16.5. The van der Waals surface area contributed by atoms with E-state index >= 15 is 26.3 Å². The number of alkyl halides is 3. The van der Waals surface area contributed by atoms with Crippen LogP contribution in [0.3, 0.4) is 0 Å². The molecule has 0 unspecified atom stereocenters. The number of aromatic nitrogens is 2. The molecule has 70 heavy (non-hydrogen) atoms. The summed E-state index contributed by atoms with van der Waals surface area (Å²) in [6.45, 7) is 0. The van der Waals surface area contributed by atoms with Gasteiger partial charge in [0.05, 0.1) is 39.0 Å². The van der Waals surface area contributed by atoms with Crippen molar-refractivity contribution in [3.63, 3.8) is 0 Å². The van der Waals surface area contributed by atoms with Gasteiger partial charge in [0.15, 0.2) is 17.5 Å². The van der Waals surface area contributed by atoms with Crippen molar-refractivity contribution in [2.24, 2.45) is 0 Å². The molecule has 0 N–H and O–H groups in total. The Kier molecular flexibility index (Phi) is 10.1. The molecule has 338 valence electrons. The van der Waals surface area contributed by atoms with Gasteiger partial charge in [0.2, 0.25) is 0 Å². The van der Waals surface area contributed by atoms with E-state index in [0.717, 1.165) is 34.4 Å². The molecule has 2 nitrogen and oxygen atoms in total. The maximum Gasteiger partial charge on any atom is 0.420 e. The number of benzene rings is 10. The fraction of sp³-hybridized carbons (Fsp3) is 0.0164. The smallest absolute Gasteiger partial charge is 0.308 e. The minimum atomic E-state index is -5.15. The lowest BCUT2D eigenvalue weighted by Gasteiger charge is -2.24. The molecule has 9 heteroatoms. The van der Waals surface area contributed by atoms with Crippen molar-refractivity contribution < 1.29 is 30.7 Å². The molecular weight excluding hydrogens is 894 g/mol. The summed E-state index contributed by atoms with van der Waals surface area (Å²) in [5, 5.41) is 2.43.